The van der Waals surface area contributed by atoms with Crippen molar-refractivity contribution in [1.82, 2.24) is 0 Å². The number of aromatic nitrogens is 1. The summed E-state index contributed by atoms with van der Waals surface area (Å²) < 4.78 is 2.06. The number of aryl methyl sites for hydroxylation is 2. The minimum absolute atomic E-state index is 1.13. The SMILES string of the molecule is C[n+]1ccc(CCSc2ccccc2)cc1. The summed E-state index contributed by atoms with van der Waals surface area (Å²) in [5.41, 5.74) is 1.40. The molecule has 1 aromatic carbocycles. The molecule has 1 heterocycles. The van der Waals surface area contributed by atoms with E-state index in [0.717, 1.165) is 12.2 Å². The smallest absolute Gasteiger partial charge is 0.168 e. The molecule has 0 unspecified atom stereocenters. The van der Waals surface area contributed by atoms with Crippen LogP contribution >= 0.6 is 11.8 Å². The summed E-state index contributed by atoms with van der Waals surface area (Å²) in [6.45, 7) is 0. The van der Waals surface area contributed by atoms with Crippen LogP contribution in [0.3, 0.4) is 0 Å². The summed E-state index contributed by atoms with van der Waals surface area (Å²) in [6.07, 6.45) is 5.32. The van der Waals surface area contributed by atoms with Gasteiger partial charge in [-0.3, -0.25) is 0 Å². The van der Waals surface area contributed by atoms with E-state index in [0.29, 0.717) is 0 Å². The molecule has 1 nitrogen and oxygen atoms in total. The third kappa shape index (κ3) is 3.38. The molecule has 0 radical (unpaired) electrons. The Morgan fingerprint density at radius 3 is 2.38 bits per heavy atom. The zero-order chi connectivity index (χ0) is 11.2. The highest BCUT2D eigenvalue weighted by Crippen LogP contribution is 2.17. The van der Waals surface area contributed by atoms with Gasteiger partial charge in [0.2, 0.25) is 0 Å². The predicted molar refractivity (Wildman–Crippen MR) is 68.5 cm³/mol. The van der Waals surface area contributed by atoms with Gasteiger partial charge in [-0.05, 0) is 24.1 Å². The van der Waals surface area contributed by atoms with Crippen molar-refractivity contribution in [3.05, 3.63) is 60.4 Å². The molecule has 0 spiro atoms. The van der Waals surface area contributed by atoms with Gasteiger partial charge in [0.15, 0.2) is 12.4 Å². The molecule has 0 atom stereocenters. The van der Waals surface area contributed by atoms with Crippen LogP contribution < -0.4 is 4.57 Å². The van der Waals surface area contributed by atoms with Crippen LogP contribution in [0.4, 0.5) is 0 Å². The molecule has 0 fully saturated rings. The van der Waals surface area contributed by atoms with Crippen LogP contribution in [0.25, 0.3) is 0 Å². The van der Waals surface area contributed by atoms with Gasteiger partial charge in [0, 0.05) is 22.8 Å². The van der Waals surface area contributed by atoms with E-state index in [2.05, 4.69) is 59.4 Å². The summed E-state index contributed by atoms with van der Waals surface area (Å²) in [6, 6.07) is 14.9. The maximum atomic E-state index is 2.19. The van der Waals surface area contributed by atoms with Crippen LogP contribution in [-0.2, 0) is 13.5 Å². The van der Waals surface area contributed by atoms with Crippen molar-refractivity contribution in [2.75, 3.05) is 5.75 Å². The molecule has 0 saturated carbocycles. The van der Waals surface area contributed by atoms with E-state index in [-0.39, 0.29) is 0 Å². The number of thioether (sulfide) groups is 1. The van der Waals surface area contributed by atoms with E-state index in [9.17, 15) is 0 Å². The third-order valence-corrected chi connectivity index (χ3v) is 3.46. The molecule has 0 bridgehead atoms. The summed E-state index contributed by atoms with van der Waals surface area (Å²) in [5, 5.41) is 0. The number of rotatable bonds is 4. The molecule has 1 aromatic heterocycles. The summed E-state index contributed by atoms with van der Waals surface area (Å²) in [4.78, 5) is 1.35. The second kappa shape index (κ2) is 5.71. The molecule has 16 heavy (non-hydrogen) atoms. The summed E-state index contributed by atoms with van der Waals surface area (Å²) in [5.74, 6) is 1.14. The molecule has 82 valence electrons. The third-order valence-electron chi connectivity index (χ3n) is 2.45. The molecule has 0 aliphatic carbocycles. The number of benzene rings is 1. The fraction of sp³-hybridized carbons (Fsp3) is 0.214. The van der Waals surface area contributed by atoms with Gasteiger partial charge in [-0.1, -0.05) is 18.2 Å². The first-order valence-corrected chi connectivity index (χ1v) is 6.45. The zero-order valence-corrected chi connectivity index (χ0v) is 10.3. The van der Waals surface area contributed by atoms with E-state index >= 15 is 0 Å². The van der Waals surface area contributed by atoms with E-state index in [1.807, 2.05) is 18.8 Å². The Hall–Kier alpha value is -1.28. The normalized spacial score (nSPS) is 10.3. The zero-order valence-electron chi connectivity index (χ0n) is 9.47. The first-order valence-electron chi connectivity index (χ1n) is 5.46. The lowest BCUT2D eigenvalue weighted by atomic mass is 10.2. The van der Waals surface area contributed by atoms with Crippen molar-refractivity contribution in [1.29, 1.82) is 0 Å². The minimum atomic E-state index is 1.13. The van der Waals surface area contributed by atoms with E-state index in [4.69, 9.17) is 0 Å². The first-order chi connectivity index (χ1) is 7.84. The Balaban J connectivity index is 1.82. The maximum Gasteiger partial charge on any atom is 0.168 e. The van der Waals surface area contributed by atoms with E-state index in [1.54, 1.807) is 0 Å². The Morgan fingerprint density at radius 2 is 1.69 bits per heavy atom. The topological polar surface area (TPSA) is 3.88 Å². The minimum Gasteiger partial charge on any atom is -0.208 e. The molecular weight excluding hydrogens is 214 g/mol. The average Bonchev–Trinajstić information content (AvgIpc) is 2.33. The van der Waals surface area contributed by atoms with Crippen LogP contribution in [0.15, 0.2) is 59.8 Å². The highest BCUT2D eigenvalue weighted by Gasteiger charge is 1.97. The molecule has 0 saturated heterocycles. The highest BCUT2D eigenvalue weighted by atomic mass is 32.2. The lowest BCUT2D eigenvalue weighted by Crippen LogP contribution is -2.25. The Kier molecular flexibility index (Phi) is 4.00. The van der Waals surface area contributed by atoms with Crippen LogP contribution in [0.1, 0.15) is 5.56 Å². The highest BCUT2D eigenvalue weighted by molar-refractivity contribution is 7.99. The summed E-state index contributed by atoms with van der Waals surface area (Å²) in [7, 11) is 2.04. The van der Waals surface area contributed by atoms with Gasteiger partial charge >= 0.3 is 0 Å². The molecular formula is C14H16NS+. The molecule has 0 aliphatic rings. The van der Waals surface area contributed by atoms with Gasteiger partial charge in [-0.2, -0.15) is 0 Å². The molecule has 2 rings (SSSR count). The van der Waals surface area contributed by atoms with E-state index < -0.39 is 0 Å². The van der Waals surface area contributed by atoms with Crippen molar-refractivity contribution >= 4 is 11.8 Å². The Morgan fingerprint density at radius 1 is 1.00 bits per heavy atom. The fourth-order valence-corrected chi connectivity index (χ4v) is 2.43. The summed E-state index contributed by atoms with van der Waals surface area (Å²) >= 11 is 1.91. The molecule has 0 aliphatic heterocycles. The van der Waals surface area contributed by atoms with Crippen molar-refractivity contribution in [2.24, 2.45) is 7.05 Å². The molecule has 0 amide bonds. The van der Waals surface area contributed by atoms with Crippen LogP contribution in [-0.4, -0.2) is 5.75 Å². The number of hydrogen-bond acceptors (Lipinski definition) is 1. The molecule has 2 aromatic rings. The standard InChI is InChI=1S/C14H16NS/c1-15-10-7-13(8-11-15)9-12-16-14-5-3-2-4-6-14/h2-8,10-11H,9,12H2,1H3/q+1. The van der Waals surface area contributed by atoms with Crippen molar-refractivity contribution < 1.29 is 4.57 Å². The van der Waals surface area contributed by atoms with Gasteiger partial charge in [0.1, 0.15) is 7.05 Å². The number of nitrogens with zero attached hydrogens (tertiary/aromatic N) is 1. The number of pyridine rings is 1. The lowest BCUT2D eigenvalue weighted by molar-refractivity contribution is -0.671. The van der Waals surface area contributed by atoms with E-state index in [1.165, 1.54) is 10.5 Å². The lowest BCUT2D eigenvalue weighted by Gasteiger charge is -2.01. The molecule has 0 N–H and O–H groups in total. The number of hydrogen-bond donors (Lipinski definition) is 0. The van der Waals surface area contributed by atoms with Crippen LogP contribution in [0.2, 0.25) is 0 Å². The predicted octanol–water partition coefficient (Wildman–Crippen LogP) is 2.85. The van der Waals surface area contributed by atoms with Gasteiger partial charge in [0.25, 0.3) is 0 Å². The first kappa shape index (κ1) is 11.2. The largest absolute Gasteiger partial charge is 0.208 e. The molecule has 2 heteroatoms. The fourth-order valence-electron chi connectivity index (χ4n) is 1.50. The van der Waals surface area contributed by atoms with Crippen LogP contribution in [0, 0.1) is 0 Å². The van der Waals surface area contributed by atoms with Crippen molar-refractivity contribution in [3.8, 4) is 0 Å². The maximum absolute atomic E-state index is 2.19. The quantitative estimate of drug-likeness (QED) is 0.577. The van der Waals surface area contributed by atoms with Gasteiger partial charge < -0.3 is 0 Å². The van der Waals surface area contributed by atoms with Gasteiger partial charge in [-0.25, -0.2) is 4.57 Å². The van der Waals surface area contributed by atoms with Gasteiger partial charge in [-0.15, -0.1) is 11.8 Å². The average molecular weight is 230 g/mol. The van der Waals surface area contributed by atoms with Crippen LogP contribution in [0.5, 0.6) is 0 Å². The van der Waals surface area contributed by atoms with Crippen molar-refractivity contribution in [2.45, 2.75) is 11.3 Å². The Labute approximate surface area is 101 Å². The van der Waals surface area contributed by atoms with Crippen molar-refractivity contribution in [3.63, 3.8) is 0 Å². The second-order valence-electron chi connectivity index (χ2n) is 3.78. The van der Waals surface area contributed by atoms with Gasteiger partial charge in [0.05, 0.1) is 0 Å². The Bertz CT molecular complexity index is 422. The second-order valence-corrected chi connectivity index (χ2v) is 4.95. The monoisotopic (exact) mass is 230 g/mol.